The van der Waals surface area contributed by atoms with Gasteiger partial charge in [-0.1, -0.05) is 27.2 Å². The predicted octanol–water partition coefficient (Wildman–Crippen LogP) is 2.82. The van der Waals surface area contributed by atoms with Gasteiger partial charge in [-0.25, -0.2) is 0 Å². The fourth-order valence-corrected chi connectivity index (χ4v) is 1.38. The molecule has 0 bridgehead atoms. The van der Waals surface area contributed by atoms with Crippen molar-refractivity contribution in [1.29, 1.82) is 0 Å². The third kappa shape index (κ3) is 3.21. The minimum absolute atomic E-state index is 0.0617. The van der Waals surface area contributed by atoms with Crippen molar-refractivity contribution in [3.63, 3.8) is 0 Å². The van der Waals surface area contributed by atoms with Gasteiger partial charge in [-0.3, -0.25) is 4.79 Å². The molecule has 60 valence electrons. The van der Waals surface area contributed by atoms with Crippen LogP contribution in [-0.4, -0.2) is 5.24 Å². The maximum Gasteiger partial charge on any atom is 0.224 e. The highest BCUT2D eigenvalue weighted by Crippen LogP contribution is 2.19. The smallest absolute Gasteiger partial charge is 0.224 e. The summed E-state index contributed by atoms with van der Waals surface area (Å²) in [6.07, 6.45) is 1.95. The number of hydrogen-bond acceptors (Lipinski definition) is 1. The number of hydrogen-bond donors (Lipinski definition) is 0. The minimum atomic E-state index is -0.183. The van der Waals surface area contributed by atoms with Gasteiger partial charge in [0, 0.05) is 5.92 Å². The zero-order valence-electron chi connectivity index (χ0n) is 6.86. The average Bonchev–Trinajstić information content (AvgIpc) is 1.81. The number of carbonyl (C=O) groups excluding carboxylic acids is 1. The fraction of sp³-hybridized carbons (Fsp3) is 0.875. The molecular formula is C8H15ClO. The maximum atomic E-state index is 10.7. The highest BCUT2D eigenvalue weighted by molar-refractivity contribution is 6.64. The second-order valence-corrected chi connectivity index (χ2v) is 3.32. The summed E-state index contributed by atoms with van der Waals surface area (Å²) in [4.78, 5) is 10.7. The van der Waals surface area contributed by atoms with Crippen LogP contribution in [-0.2, 0) is 4.79 Å². The van der Waals surface area contributed by atoms with Gasteiger partial charge in [0.05, 0.1) is 0 Å². The summed E-state index contributed by atoms with van der Waals surface area (Å²) in [7, 11) is 0. The molecule has 0 saturated carbocycles. The Kier molecular flexibility index (Phi) is 4.71. The predicted molar refractivity (Wildman–Crippen MR) is 44.1 cm³/mol. The Morgan fingerprint density at radius 2 is 2.00 bits per heavy atom. The van der Waals surface area contributed by atoms with Crippen molar-refractivity contribution in [1.82, 2.24) is 0 Å². The van der Waals surface area contributed by atoms with E-state index in [0.29, 0.717) is 5.92 Å². The normalized spacial score (nSPS) is 13.7. The molecule has 0 aliphatic carbocycles. The summed E-state index contributed by atoms with van der Waals surface area (Å²) in [6, 6.07) is 0. The van der Waals surface area contributed by atoms with Crippen molar-refractivity contribution in [3.05, 3.63) is 0 Å². The van der Waals surface area contributed by atoms with E-state index in [1.165, 1.54) is 0 Å². The van der Waals surface area contributed by atoms with Gasteiger partial charge in [-0.2, -0.15) is 0 Å². The lowest BCUT2D eigenvalue weighted by Gasteiger charge is -2.14. The summed E-state index contributed by atoms with van der Waals surface area (Å²) < 4.78 is 0. The molecule has 0 unspecified atom stereocenters. The molecule has 2 heteroatoms. The molecule has 0 aromatic carbocycles. The van der Waals surface area contributed by atoms with Gasteiger partial charge in [0.25, 0.3) is 0 Å². The lowest BCUT2D eigenvalue weighted by molar-refractivity contribution is -0.116. The van der Waals surface area contributed by atoms with Crippen LogP contribution in [0.1, 0.15) is 33.6 Å². The van der Waals surface area contributed by atoms with Crippen molar-refractivity contribution in [2.75, 3.05) is 0 Å². The van der Waals surface area contributed by atoms with E-state index in [1.54, 1.807) is 0 Å². The topological polar surface area (TPSA) is 17.1 Å². The monoisotopic (exact) mass is 162 g/mol. The standard InChI is InChI=1S/C8H15ClO/c1-4-5-7(6(2)3)8(9)10/h6-7H,4-5H2,1-3H3/t7-/m1/s1. The first-order valence-corrected chi connectivity index (χ1v) is 4.16. The van der Waals surface area contributed by atoms with Crippen molar-refractivity contribution in [3.8, 4) is 0 Å². The first-order chi connectivity index (χ1) is 4.59. The van der Waals surface area contributed by atoms with Crippen LogP contribution in [0.2, 0.25) is 0 Å². The molecular weight excluding hydrogens is 148 g/mol. The number of carbonyl (C=O) groups is 1. The zero-order valence-corrected chi connectivity index (χ0v) is 7.61. The molecule has 0 aromatic heterocycles. The van der Waals surface area contributed by atoms with Gasteiger partial charge in [0.2, 0.25) is 5.24 Å². The van der Waals surface area contributed by atoms with E-state index in [-0.39, 0.29) is 11.2 Å². The van der Waals surface area contributed by atoms with Crippen molar-refractivity contribution < 1.29 is 4.79 Å². The van der Waals surface area contributed by atoms with Gasteiger partial charge in [-0.15, -0.1) is 0 Å². The molecule has 0 saturated heterocycles. The lowest BCUT2D eigenvalue weighted by atomic mass is 9.93. The van der Waals surface area contributed by atoms with Crippen LogP contribution in [0.4, 0.5) is 0 Å². The Morgan fingerprint density at radius 3 is 2.10 bits per heavy atom. The van der Waals surface area contributed by atoms with Gasteiger partial charge in [0.15, 0.2) is 0 Å². The van der Waals surface area contributed by atoms with E-state index in [1.807, 2.05) is 13.8 Å². The summed E-state index contributed by atoms with van der Waals surface area (Å²) in [5.41, 5.74) is 0. The van der Waals surface area contributed by atoms with Crippen LogP contribution in [0.15, 0.2) is 0 Å². The zero-order chi connectivity index (χ0) is 8.15. The summed E-state index contributed by atoms with van der Waals surface area (Å²) in [6.45, 7) is 6.12. The number of halogens is 1. The molecule has 1 nitrogen and oxygen atoms in total. The second kappa shape index (κ2) is 4.73. The summed E-state index contributed by atoms with van der Waals surface area (Å²) in [5, 5.41) is -0.183. The van der Waals surface area contributed by atoms with Crippen LogP contribution >= 0.6 is 11.6 Å². The fourth-order valence-electron chi connectivity index (χ4n) is 1.02. The van der Waals surface area contributed by atoms with Crippen LogP contribution in [0, 0.1) is 11.8 Å². The molecule has 10 heavy (non-hydrogen) atoms. The van der Waals surface area contributed by atoms with E-state index < -0.39 is 0 Å². The Morgan fingerprint density at radius 1 is 1.50 bits per heavy atom. The Labute approximate surface area is 67.8 Å². The van der Waals surface area contributed by atoms with E-state index >= 15 is 0 Å². The molecule has 0 aliphatic heterocycles. The van der Waals surface area contributed by atoms with Crippen molar-refractivity contribution >= 4 is 16.8 Å². The molecule has 0 fully saturated rings. The van der Waals surface area contributed by atoms with Gasteiger partial charge < -0.3 is 0 Å². The summed E-state index contributed by atoms with van der Waals surface area (Å²) in [5.74, 6) is 0.441. The third-order valence-corrected chi connectivity index (χ3v) is 1.98. The Balaban J connectivity index is 3.85. The SMILES string of the molecule is CCC[C@@H](C(=O)Cl)C(C)C. The Bertz CT molecular complexity index is 110. The quantitative estimate of drug-likeness (QED) is 0.581. The maximum absolute atomic E-state index is 10.7. The van der Waals surface area contributed by atoms with Gasteiger partial charge in [0.1, 0.15) is 0 Å². The Hall–Kier alpha value is -0.0400. The van der Waals surface area contributed by atoms with E-state index in [9.17, 15) is 4.79 Å². The van der Waals surface area contributed by atoms with E-state index in [2.05, 4.69) is 6.92 Å². The average molecular weight is 163 g/mol. The molecule has 0 aromatic rings. The van der Waals surface area contributed by atoms with Crippen molar-refractivity contribution in [2.24, 2.45) is 11.8 Å². The van der Waals surface area contributed by atoms with E-state index in [0.717, 1.165) is 12.8 Å². The van der Waals surface area contributed by atoms with Crippen LogP contribution in [0.25, 0.3) is 0 Å². The van der Waals surface area contributed by atoms with E-state index in [4.69, 9.17) is 11.6 Å². The lowest BCUT2D eigenvalue weighted by Crippen LogP contribution is -2.15. The van der Waals surface area contributed by atoms with Crippen LogP contribution < -0.4 is 0 Å². The third-order valence-electron chi connectivity index (χ3n) is 1.70. The molecule has 1 atom stereocenters. The molecule has 0 radical (unpaired) electrons. The first kappa shape index (κ1) is 9.96. The molecule has 0 rings (SSSR count). The minimum Gasteiger partial charge on any atom is -0.281 e. The number of rotatable bonds is 4. The molecule has 0 spiro atoms. The highest BCUT2D eigenvalue weighted by Gasteiger charge is 2.18. The van der Waals surface area contributed by atoms with Gasteiger partial charge >= 0.3 is 0 Å². The highest BCUT2D eigenvalue weighted by atomic mass is 35.5. The first-order valence-electron chi connectivity index (χ1n) is 3.79. The second-order valence-electron chi connectivity index (χ2n) is 2.94. The molecule has 0 amide bonds. The van der Waals surface area contributed by atoms with Crippen molar-refractivity contribution in [2.45, 2.75) is 33.6 Å². The van der Waals surface area contributed by atoms with Gasteiger partial charge in [-0.05, 0) is 23.9 Å². The summed E-state index contributed by atoms with van der Waals surface area (Å²) >= 11 is 5.38. The van der Waals surface area contributed by atoms with Crippen LogP contribution in [0.5, 0.6) is 0 Å². The largest absolute Gasteiger partial charge is 0.281 e. The molecule has 0 heterocycles. The van der Waals surface area contributed by atoms with Crippen LogP contribution in [0.3, 0.4) is 0 Å². The molecule has 0 aliphatic rings. The molecule has 0 N–H and O–H groups in total.